The zero-order valence-electron chi connectivity index (χ0n) is 14.6. The van der Waals surface area contributed by atoms with Gasteiger partial charge in [-0.1, -0.05) is 26.2 Å². The van der Waals surface area contributed by atoms with Gasteiger partial charge in [-0.15, -0.1) is 24.0 Å². The number of imide groups is 1. The monoisotopic (exact) mass is 451 g/mol. The summed E-state index contributed by atoms with van der Waals surface area (Å²) in [5, 5.41) is 8.97. The number of guanidine groups is 1. The summed E-state index contributed by atoms with van der Waals surface area (Å²) in [5.41, 5.74) is 0. The summed E-state index contributed by atoms with van der Waals surface area (Å²) in [7, 11) is 1.73. The quantitative estimate of drug-likeness (QED) is 0.248. The number of rotatable bonds is 6. The molecular weight excluding hydrogens is 421 g/mol. The molecule has 1 saturated heterocycles. The smallest absolute Gasteiger partial charge is 0.324 e. The number of nitrogens with zero attached hydrogens (tertiary/aromatic N) is 2. The van der Waals surface area contributed by atoms with Crippen LogP contribution in [-0.2, 0) is 4.79 Å². The van der Waals surface area contributed by atoms with Crippen LogP contribution in [0.25, 0.3) is 0 Å². The van der Waals surface area contributed by atoms with E-state index in [0.717, 1.165) is 30.8 Å². The molecule has 0 aromatic carbocycles. The number of nitrogens with one attached hydrogen (secondary N) is 3. The number of carbonyl (C=O) groups excluding carboxylic acids is 2. The van der Waals surface area contributed by atoms with Crippen molar-refractivity contribution in [2.75, 3.05) is 33.2 Å². The van der Waals surface area contributed by atoms with Crippen LogP contribution < -0.4 is 16.0 Å². The summed E-state index contributed by atoms with van der Waals surface area (Å²) in [4.78, 5) is 28.3. The lowest BCUT2D eigenvalue weighted by Crippen LogP contribution is -2.43. The normalized spacial score (nSPS) is 24.4. The zero-order valence-corrected chi connectivity index (χ0v) is 17.0. The number of carbonyl (C=O) groups is 2. The van der Waals surface area contributed by atoms with Crippen molar-refractivity contribution >= 4 is 41.9 Å². The van der Waals surface area contributed by atoms with Gasteiger partial charge < -0.3 is 16.0 Å². The molecule has 0 radical (unpaired) electrons. The third kappa shape index (κ3) is 6.45. The van der Waals surface area contributed by atoms with E-state index in [1.54, 1.807) is 7.05 Å². The highest BCUT2D eigenvalue weighted by Gasteiger charge is 2.27. The van der Waals surface area contributed by atoms with Crippen molar-refractivity contribution in [1.82, 2.24) is 20.9 Å². The number of amides is 3. The Labute approximate surface area is 161 Å². The second-order valence-corrected chi connectivity index (χ2v) is 6.56. The number of urea groups is 1. The van der Waals surface area contributed by atoms with E-state index in [1.807, 2.05) is 0 Å². The molecule has 0 aromatic heterocycles. The minimum absolute atomic E-state index is 0. The first-order chi connectivity index (χ1) is 11.1. The SMILES string of the molecule is CN=C(NCCC1CCCC(C)C1)NCCN1C(=O)CNC1=O.I. The van der Waals surface area contributed by atoms with Crippen molar-refractivity contribution in [3.63, 3.8) is 0 Å². The molecule has 24 heavy (non-hydrogen) atoms. The molecule has 8 heteroatoms. The van der Waals surface area contributed by atoms with E-state index < -0.39 is 0 Å². The lowest BCUT2D eigenvalue weighted by Gasteiger charge is -2.26. The maximum Gasteiger partial charge on any atom is 0.324 e. The van der Waals surface area contributed by atoms with Crippen LogP contribution in [-0.4, -0.2) is 56.0 Å². The van der Waals surface area contributed by atoms with Gasteiger partial charge in [-0.05, 0) is 24.7 Å². The Morgan fingerprint density at radius 2 is 2.04 bits per heavy atom. The summed E-state index contributed by atoms with van der Waals surface area (Å²) in [6.07, 6.45) is 6.56. The molecule has 1 aliphatic carbocycles. The first-order valence-electron chi connectivity index (χ1n) is 8.63. The van der Waals surface area contributed by atoms with Gasteiger partial charge in [-0.2, -0.15) is 0 Å². The summed E-state index contributed by atoms with van der Waals surface area (Å²) in [6.45, 7) is 4.20. The predicted octanol–water partition coefficient (Wildman–Crippen LogP) is 1.54. The van der Waals surface area contributed by atoms with Crippen LogP contribution in [0.5, 0.6) is 0 Å². The van der Waals surface area contributed by atoms with Crippen LogP contribution in [0.2, 0.25) is 0 Å². The predicted molar refractivity (Wildman–Crippen MR) is 106 cm³/mol. The molecule has 1 aliphatic heterocycles. The fourth-order valence-electron chi connectivity index (χ4n) is 3.40. The number of halogens is 1. The van der Waals surface area contributed by atoms with Crippen molar-refractivity contribution in [1.29, 1.82) is 0 Å². The van der Waals surface area contributed by atoms with Crippen LogP contribution in [0, 0.1) is 11.8 Å². The van der Waals surface area contributed by atoms with Crippen molar-refractivity contribution in [2.24, 2.45) is 16.8 Å². The van der Waals surface area contributed by atoms with Crippen molar-refractivity contribution < 1.29 is 9.59 Å². The molecule has 1 heterocycles. The minimum atomic E-state index is -0.314. The highest BCUT2D eigenvalue weighted by molar-refractivity contribution is 14.0. The van der Waals surface area contributed by atoms with E-state index in [-0.39, 0.29) is 42.5 Å². The largest absolute Gasteiger partial charge is 0.356 e. The zero-order chi connectivity index (χ0) is 16.7. The molecule has 0 bridgehead atoms. The Morgan fingerprint density at radius 1 is 1.29 bits per heavy atom. The molecule has 2 atom stereocenters. The molecule has 3 N–H and O–H groups in total. The van der Waals surface area contributed by atoms with Crippen molar-refractivity contribution in [2.45, 2.75) is 39.0 Å². The van der Waals surface area contributed by atoms with Crippen LogP contribution in [0.3, 0.4) is 0 Å². The average molecular weight is 451 g/mol. The number of hydrogen-bond donors (Lipinski definition) is 3. The Balaban J connectivity index is 0.00000288. The van der Waals surface area contributed by atoms with Crippen LogP contribution in [0.1, 0.15) is 39.0 Å². The third-order valence-corrected chi connectivity index (χ3v) is 4.68. The van der Waals surface area contributed by atoms with Crippen molar-refractivity contribution in [3.8, 4) is 0 Å². The van der Waals surface area contributed by atoms with E-state index in [2.05, 4.69) is 27.9 Å². The van der Waals surface area contributed by atoms with Crippen LogP contribution >= 0.6 is 24.0 Å². The second kappa shape index (κ2) is 10.7. The maximum absolute atomic E-state index is 11.5. The fourth-order valence-corrected chi connectivity index (χ4v) is 3.40. The molecule has 1 saturated carbocycles. The molecule has 0 spiro atoms. The Hall–Kier alpha value is -1.06. The average Bonchev–Trinajstić information content (AvgIpc) is 2.85. The van der Waals surface area contributed by atoms with Gasteiger partial charge in [0.2, 0.25) is 5.91 Å². The first-order valence-corrected chi connectivity index (χ1v) is 8.63. The van der Waals surface area contributed by atoms with Crippen molar-refractivity contribution in [3.05, 3.63) is 0 Å². The van der Waals surface area contributed by atoms with Gasteiger partial charge >= 0.3 is 6.03 Å². The maximum atomic E-state index is 11.5. The van der Waals surface area contributed by atoms with Gasteiger partial charge in [0.05, 0.1) is 6.54 Å². The highest BCUT2D eigenvalue weighted by Crippen LogP contribution is 2.30. The van der Waals surface area contributed by atoms with Crippen LogP contribution in [0.15, 0.2) is 4.99 Å². The third-order valence-electron chi connectivity index (χ3n) is 4.68. The van der Waals surface area contributed by atoms with Gasteiger partial charge in [-0.3, -0.25) is 14.7 Å². The summed E-state index contributed by atoms with van der Waals surface area (Å²) in [6, 6.07) is -0.314. The van der Waals surface area contributed by atoms with Gasteiger partial charge in [-0.25, -0.2) is 4.79 Å². The van der Waals surface area contributed by atoms with E-state index in [0.29, 0.717) is 13.1 Å². The summed E-state index contributed by atoms with van der Waals surface area (Å²) >= 11 is 0. The second-order valence-electron chi connectivity index (χ2n) is 6.56. The Bertz CT molecular complexity index is 442. The molecule has 2 aliphatic rings. The van der Waals surface area contributed by atoms with Gasteiger partial charge in [0.15, 0.2) is 5.96 Å². The molecular formula is C16H30IN5O2. The molecule has 0 aromatic rings. The van der Waals surface area contributed by atoms with Gasteiger partial charge in [0.25, 0.3) is 0 Å². The number of aliphatic imine (C=N–C) groups is 1. The lowest BCUT2D eigenvalue weighted by atomic mass is 9.81. The summed E-state index contributed by atoms with van der Waals surface area (Å²) < 4.78 is 0. The van der Waals surface area contributed by atoms with Crippen LogP contribution in [0.4, 0.5) is 4.79 Å². The molecule has 2 rings (SSSR count). The van der Waals surface area contributed by atoms with Gasteiger partial charge in [0, 0.05) is 26.7 Å². The molecule has 138 valence electrons. The topological polar surface area (TPSA) is 85.8 Å². The standard InChI is InChI=1S/C16H29N5O2.HI/c1-12-4-3-5-13(10-12)6-7-18-15(17-2)19-8-9-21-14(22)11-20-16(21)23;/h12-13H,3-11H2,1-2H3,(H,20,23)(H2,17,18,19);1H. The van der Waals surface area contributed by atoms with E-state index in [9.17, 15) is 9.59 Å². The lowest BCUT2D eigenvalue weighted by molar-refractivity contribution is -0.124. The molecule has 7 nitrogen and oxygen atoms in total. The van der Waals surface area contributed by atoms with E-state index >= 15 is 0 Å². The van der Waals surface area contributed by atoms with E-state index in [1.165, 1.54) is 30.6 Å². The van der Waals surface area contributed by atoms with E-state index in [4.69, 9.17) is 0 Å². The molecule has 2 fully saturated rings. The van der Waals surface area contributed by atoms with Gasteiger partial charge in [0.1, 0.15) is 0 Å². The Kier molecular flexibility index (Phi) is 9.38. The molecule has 3 amide bonds. The highest BCUT2D eigenvalue weighted by atomic mass is 127. The Morgan fingerprint density at radius 3 is 2.67 bits per heavy atom. The first kappa shape index (κ1) is 21.0. The fraction of sp³-hybridized carbons (Fsp3) is 0.812. The minimum Gasteiger partial charge on any atom is -0.356 e. The summed E-state index contributed by atoms with van der Waals surface area (Å²) in [5.74, 6) is 2.22. The number of hydrogen-bond acceptors (Lipinski definition) is 3. The molecule has 2 unspecified atom stereocenters.